The van der Waals surface area contributed by atoms with Crippen molar-refractivity contribution in [2.75, 3.05) is 26.3 Å². The molecule has 0 spiro atoms. The van der Waals surface area contributed by atoms with Crippen molar-refractivity contribution in [3.8, 4) is 11.5 Å². The third-order valence-corrected chi connectivity index (χ3v) is 5.12. The van der Waals surface area contributed by atoms with Crippen LogP contribution in [0.4, 0.5) is 0 Å². The molecule has 32 heavy (non-hydrogen) atoms. The van der Waals surface area contributed by atoms with E-state index in [4.69, 9.17) is 32.7 Å². The third-order valence-electron chi connectivity index (χ3n) is 4.62. The number of benzene rings is 2. The van der Waals surface area contributed by atoms with Gasteiger partial charge in [0.1, 0.15) is 11.5 Å². The molecule has 0 bridgehead atoms. The highest BCUT2D eigenvalue weighted by Crippen LogP contribution is 2.16. The number of unbranched alkanes of at least 4 members (excludes halogenated alkanes) is 5. The van der Waals surface area contributed by atoms with Crippen LogP contribution in [-0.2, 0) is 9.59 Å². The summed E-state index contributed by atoms with van der Waals surface area (Å²) in [6.45, 7) is 1.29. The van der Waals surface area contributed by atoms with Crippen LogP contribution in [-0.4, -0.2) is 38.1 Å². The van der Waals surface area contributed by atoms with Crippen molar-refractivity contribution in [3.05, 3.63) is 58.6 Å². The molecule has 6 nitrogen and oxygen atoms in total. The van der Waals surface area contributed by atoms with Gasteiger partial charge in [0.2, 0.25) is 0 Å². The van der Waals surface area contributed by atoms with Gasteiger partial charge in [-0.1, -0.05) is 48.9 Å². The van der Waals surface area contributed by atoms with Crippen molar-refractivity contribution in [2.45, 2.75) is 38.5 Å². The molecule has 0 aliphatic rings. The Bertz CT molecular complexity index is 744. The lowest BCUT2D eigenvalue weighted by Crippen LogP contribution is -2.29. The number of hydrogen-bond acceptors (Lipinski definition) is 4. The first kappa shape index (κ1) is 25.8. The van der Waals surface area contributed by atoms with Gasteiger partial charge in [-0.2, -0.15) is 0 Å². The van der Waals surface area contributed by atoms with Gasteiger partial charge in [-0.15, -0.1) is 0 Å². The highest BCUT2D eigenvalue weighted by molar-refractivity contribution is 6.30. The smallest absolute Gasteiger partial charge is 0.257 e. The molecule has 0 unspecified atom stereocenters. The lowest BCUT2D eigenvalue weighted by atomic mass is 10.1. The SMILES string of the molecule is O=C(COc1ccc(Cl)cc1)NCCCCCCCCNC(=O)COc1ccc(Cl)cc1. The first-order valence-electron chi connectivity index (χ1n) is 10.8. The van der Waals surface area contributed by atoms with E-state index in [0.717, 1.165) is 38.5 Å². The van der Waals surface area contributed by atoms with Crippen molar-refractivity contribution >= 4 is 35.0 Å². The summed E-state index contributed by atoms with van der Waals surface area (Å²) in [5.41, 5.74) is 0. The maximum absolute atomic E-state index is 11.8. The monoisotopic (exact) mass is 480 g/mol. The van der Waals surface area contributed by atoms with Gasteiger partial charge in [-0.05, 0) is 61.4 Å². The van der Waals surface area contributed by atoms with Crippen LogP contribution in [0.25, 0.3) is 0 Å². The molecule has 0 heterocycles. The van der Waals surface area contributed by atoms with Gasteiger partial charge in [-0.3, -0.25) is 9.59 Å². The lowest BCUT2D eigenvalue weighted by Gasteiger charge is -2.08. The predicted octanol–water partition coefficient (Wildman–Crippen LogP) is 5.02. The van der Waals surface area contributed by atoms with Crippen LogP contribution in [0.1, 0.15) is 38.5 Å². The summed E-state index contributed by atoms with van der Waals surface area (Å²) in [6, 6.07) is 13.8. The second-order valence-electron chi connectivity index (χ2n) is 7.31. The number of rotatable bonds is 15. The van der Waals surface area contributed by atoms with E-state index in [1.54, 1.807) is 48.5 Å². The number of hydrogen-bond donors (Lipinski definition) is 2. The average molecular weight is 481 g/mol. The quantitative estimate of drug-likeness (QED) is 0.350. The molecule has 2 rings (SSSR count). The Hall–Kier alpha value is -2.44. The zero-order chi connectivity index (χ0) is 23.0. The van der Waals surface area contributed by atoms with Crippen LogP contribution in [0.2, 0.25) is 10.0 Å². The summed E-state index contributed by atoms with van der Waals surface area (Å²) in [7, 11) is 0. The predicted molar refractivity (Wildman–Crippen MR) is 128 cm³/mol. The van der Waals surface area contributed by atoms with E-state index in [2.05, 4.69) is 10.6 Å². The fourth-order valence-corrected chi connectivity index (χ4v) is 3.13. The molecule has 174 valence electrons. The van der Waals surface area contributed by atoms with Crippen LogP contribution in [0.5, 0.6) is 11.5 Å². The highest BCUT2D eigenvalue weighted by atomic mass is 35.5. The Labute approximate surface area is 199 Å². The fourth-order valence-electron chi connectivity index (χ4n) is 2.87. The van der Waals surface area contributed by atoms with Gasteiger partial charge >= 0.3 is 0 Å². The van der Waals surface area contributed by atoms with Gasteiger partial charge in [0, 0.05) is 23.1 Å². The summed E-state index contributed by atoms with van der Waals surface area (Å²) >= 11 is 11.6. The standard InChI is InChI=1S/C24H30Cl2N2O4/c25-19-7-11-21(12-8-19)31-17-23(29)27-15-5-3-1-2-4-6-16-28-24(30)18-32-22-13-9-20(26)10-14-22/h7-14H,1-6,15-18H2,(H,27,29)(H,28,30). The maximum Gasteiger partial charge on any atom is 0.257 e. The van der Waals surface area contributed by atoms with E-state index in [9.17, 15) is 9.59 Å². The molecule has 0 aromatic heterocycles. The molecule has 2 aromatic carbocycles. The molecule has 0 saturated heterocycles. The molecule has 2 amide bonds. The van der Waals surface area contributed by atoms with E-state index in [0.29, 0.717) is 34.6 Å². The Balaban J connectivity index is 1.36. The molecule has 0 radical (unpaired) electrons. The van der Waals surface area contributed by atoms with Crippen molar-refractivity contribution in [3.63, 3.8) is 0 Å². The first-order chi connectivity index (χ1) is 15.5. The van der Waals surface area contributed by atoms with E-state index >= 15 is 0 Å². The molecule has 0 fully saturated rings. The molecular weight excluding hydrogens is 451 g/mol. The van der Waals surface area contributed by atoms with Crippen LogP contribution in [0, 0.1) is 0 Å². The summed E-state index contributed by atoms with van der Waals surface area (Å²) in [6.07, 6.45) is 6.19. The number of amides is 2. The minimum absolute atomic E-state index is 0.00189. The first-order valence-corrected chi connectivity index (χ1v) is 11.6. The number of carbonyl (C=O) groups excluding carboxylic acids is 2. The van der Waals surface area contributed by atoms with E-state index in [1.807, 2.05) is 0 Å². The minimum Gasteiger partial charge on any atom is -0.484 e. The zero-order valence-electron chi connectivity index (χ0n) is 18.1. The summed E-state index contributed by atoms with van der Waals surface area (Å²) in [4.78, 5) is 23.6. The van der Waals surface area contributed by atoms with E-state index in [1.165, 1.54) is 0 Å². The molecule has 8 heteroatoms. The van der Waals surface area contributed by atoms with Gasteiger partial charge in [0.15, 0.2) is 13.2 Å². The normalized spacial score (nSPS) is 10.4. The zero-order valence-corrected chi connectivity index (χ0v) is 19.6. The number of carbonyl (C=O) groups is 2. The average Bonchev–Trinajstić information content (AvgIpc) is 2.79. The van der Waals surface area contributed by atoms with Gasteiger partial charge < -0.3 is 20.1 Å². The fraction of sp³-hybridized carbons (Fsp3) is 0.417. The molecule has 0 saturated carbocycles. The van der Waals surface area contributed by atoms with Crippen LogP contribution >= 0.6 is 23.2 Å². The van der Waals surface area contributed by atoms with Crippen molar-refractivity contribution < 1.29 is 19.1 Å². The van der Waals surface area contributed by atoms with Gasteiger partial charge in [0.05, 0.1) is 0 Å². The molecule has 0 atom stereocenters. The maximum atomic E-state index is 11.8. The highest BCUT2D eigenvalue weighted by Gasteiger charge is 2.03. The number of nitrogens with one attached hydrogen (secondary N) is 2. The van der Waals surface area contributed by atoms with Crippen molar-refractivity contribution in [1.29, 1.82) is 0 Å². The molecule has 2 aromatic rings. The third kappa shape index (κ3) is 11.8. The van der Waals surface area contributed by atoms with Crippen LogP contribution < -0.4 is 20.1 Å². The Morgan fingerprint density at radius 3 is 1.31 bits per heavy atom. The molecular formula is C24H30Cl2N2O4. The van der Waals surface area contributed by atoms with Gasteiger partial charge in [-0.25, -0.2) is 0 Å². The van der Waals surface area contributed by atoms with Gasteiger partial charge in [0.25, 0.3) is 11.8 Å². The summed E-state index contributed by atoms with van der Waals surface area (Å²) in [5.74, 6) is 0.983. The number of halogens is 2. The summed E-state index contributed by atoms with van der Waals surface area (Å²) < 4.78 is 10.8. The Morgan fingerprint density at radius 2 is 0.938 bits per heavy atom. The lowest BCUT2D eigenvalue weighted by molar-refractivity contribution is -0.123. The summed E-state index contributed by atoms with van der Waals surface area (Å²) in [5, 5.41) is 6.98. The Kier molecular flexibility index (Phi) is 12.4. The topological polar surface area (TPSA) is 76.7 Å². The van der Waals surface area contributed by atoms with E-state index < -0.39 is 0 Å². The largest absolute Gasteiger partial charge is 0.484 e. The van der Waals surface area contributed by atoms with E-state index in [-0.39, 0.29) is 25.0 Å². The molecule has 2 N–H and O–H groups in total. The van der Waals surface area contributed by atoms with Crippen molar-refractivity contribution in [1.82, 2.24) is 10.6 Å². The van der Waals surface area contributed by atoms with Crippen LogP contribution in [0.3, 0.4) is 0 Å². The van der Waals surface area contributed by atoms with Crippen LogP contribution in [0.15, 0.2) is 48.5 Å². The molecule has 0 aliphatic carbocycles. The second kappa shape index (κ2) is 15.4. The Morgan fingerprint density at radius 1 is 0.594 bits per heavy atom. The minimum atomic E-state index is -0.129. The second-order valence-corrected chi connectivity index (χ2v) is 8.18. The number of ether oxygens (including phenoxy) is 2. The molecule has 0 aliphatic heterocycles. The van der Waals surface area contributed by atoms with Crippen molar-refractivity contribution in [2.24, 2.45) is 0 Å².